The van der Waals surface area contributed by atoms with E-state index in [2.05, 4.69) is 0 Å². The summed E-state index contributed by atoms with van der Waals surface area (Å²) in [5, 5.41) is 17.2. The van der Waals surface area contributed by atoms with Gasteiger partial charge in [0.25, 0.3) is 20.0 Å². The van der Waals surface area contributed by atoms with E-state index in [-0.39, 0.29) is 27.6 Å². The van der Waals surface area contributed by atoms with Crippen LogP contribution >= 0.6 is 47.1 Å². The number of carboxylic acid groups (broad SMARTS) is 2. The smallest absolute Gasteiger partial charge is 0.335 e. The third-order valence-electron chi connectivity index (χ3n) is 3.16. The van der Waals surface area contributed by atoms with Crippen molar-refractivity contribution in [2.45, 2.75) is 9.79 Å². The Labute approximate surface area is 191 Å². The summed E-state index contributed by atoms with van der Waals surface area (Å²) in [6, 6.07) is 9.01. The zero-order valence-corrected chi connectivity index (χ0v) is 18.8. The molecule has 164 valence electrons. The van der Waals surface area contributed by atoms with Gasteiger partial charge in [0.15, 0.2) is 0 Å². The van der Waals surface area contributed by atoms with Crippen molar-refractivity contribution in [3.63, 3.8) is 0 Å². The molecule has 0 atom stereocenters. The van der Waals surface area contributed by atoms with E-state index in [1.165, 1.54) is 0 Å². The van der Waals surface area contributed by atoms with Crippen molar-refractivity contribution in [3.8, 4) is 0 Å². The normalized spacial score (nSPS) is 11.7. The Hall–Kier alpha value is -1.64. The van der Waals surface area contributed by atoms with Crippen LogP contribution in [0.15, 0.2) is 58.3 Å². The van der Waals surface area contributed by atoms with Gasteiger partial charge in [-0.1, -0.05) is 0 Å². The lowest BCUT2D eigenvalue weighted by Crippen LogP contribution is -2.12. The van der Waals surface area contributed by atoms with Crippen molar-refractivity contribution in [1.29, 1.82) is 0 Å². The van der Waals surface area contributed by atoms with Crippen molar-refractivity contribution >= 4 is 79.1 Å². The highest BCUT2D eigenvalue weighted by Gasteiger charge is 2.22. The number of sulfonamides is 2. The van der Waals surface area contributed by atoms with Crippen LogP contribution in [0, 0.1) is 0 Å². The van der Waals surface area contributed by atoms with Crippen molar-refractivity contribution < 1.29 is 36.6 Å². The Kier molecular flexibility index (Phi) is 9.32. The van der Waals surface area contributed by atoms with Gasteiger partial charge in [-0.05, 0) is 55.2 Å². The van der Waals surface area contributed by atoms with Crippen LogP contribution in [-0.2, 0) is 20.0 Å². The van der Waals surface area contributed by atoms with Crippen LogP contribution < -0.4 is 0 Å². The Balaban J connectivity index is 0.000000300. The molecule has 2 aromatic carbocycles. The van der Waals surface area contributed by atoms with Gasteiger partial charge in [0.1, 0.15) is 0 Å². The van der Waals surface area contributed by atoms with Crippen molar-refractivity contribution in [2.75, 3.05) is 0 Å². The summed E-state index contributed by atoms with van der Waals surface area (Å²) in [5.74, 6) is -2.29. The van der Waals surface area contributed by atoms with Crippen LogP contribution in [0.1, 0.15) is 20.7 Å². The lowest BCUT2D eigenvalue weighted by atomic mass is 10.2. The van der Waals surface area contributed by atoms with E-state index >= 15 is 0 Å². The average molecular weight is 540 g/mol. The van der Waals surface area contributed by atoms with Gasteiger partial charge in [-0.15, -0.1) is 0 Å². The molecular formula is C14H10Cl4N2O8S2. The van der Waals surface area contributed by atoms with Gasteiger partial charge in [0.05, 0.1) is 20.9 Å². The molecule has 2 rings (SSSR count). The molecule has 2 aromatic rings. The third-order valence-corrected chi connectivity index (χ3v) is 7.80. The minimum absolute atomic E-state index is 0.0166. The van der Waals surface area contributed by atoms with Crippen molar-refractivity contribution in [3.05, 3.63) is 59.7 Å². The first kappa shape index (κ1) is 26.4. The highest BCUT2D eigenvalue weighted by molar-refractivity contribution is 7.91. The third kappa shape index (κ3) is 6.68. The van der Waals surface area contributed by atoms with Crippen molar-refractivity contribution in [2.24, 2.45) is 0 Å². The van der Waals surface area contributed by atoms with E-state index in [0.717, 1.165) is 48.5 Å². The number of carboxylic acids is 2. The molecule has 0 aliphatic carbocycles. The number of carbonyl (C=O) groups is 2. The number of hydrogen-bond acceptors (Lipinski definition) is 6. The van der Waals surface area contributed by atoms with Crippen LogP contribution in [0.5, 0.6) is 0 Å². The number of halogens is 4. The van der Waals surface area contributed by atoms with E-state index in [1.54, 1.807) is 0 Å². The molecule has 30 heavy (non-hydrogen) atoms. The summed E-state index contributed by atoms with van der Waals surface area (Å²) >= 11 is 20.4. The van der Waals surface area contributed by atoms with Gasteiger partial charge in [0.2, 0.25) is 0 Å². The predicted molar refractivity (Wildman–Crippen MR) is 108 cm³/mol. The summed E-state index contributed by atoms with van der Waals surface area (Å²) in [7, 11) is -7.90. The fourth-order valence-corrected chi connectivity index (χ4v) is 3.93. The molecule has 0 spiro atoms. The maximum absolute atomic E-state index is 11.3. The number of nitrogens with zero attached hydrogens (tertiary/aromatic N) is 2. The molecule has 0 saturated carbocycles. The number of benzene rings is 2. The zero-order valence-electron chi connectivity index (χ0n) is 14.2. The maximum Gasteiger partial charge on any atom is 0.335 e. The van der Waals surface area contributed by atoms with Crippen LogP contribution in [0.3, 0.4) is 0 Å². The summed E-state index contributed by atoms with van der Waals surface area (Å²) in [5.41, 5.74) is -0.0470. The van der Waals surface area contributed by atoms with E-state index in [4.69, 9.17) is 57.3 Å². The topological polar surface area (TPSA) is 149 Å². The summed E-state index contributed by atoms with van der Waals surface area (Å²) in [6.07, 6.45) is 0. The summed E-state index contributed by atoms with van der Waals surface area (Å²) in [4.78, 5) is 20.6. The van der Waals surface area contributed by atoms with Gasteiger partial charge in [-0.2, -0.15) is 0 Å². The van der Waals surface area contributed by atoms with Crippen LogP contribution in [-0.4, -0.2) is 45.7 Å². The molecule has 16 heteroatoms. The second kappa shape index (κ2) is 10.6. The second-order valence-corrected chi connectivity index (χ2v) is 11.1. The molecule has 0 radical (unpaired) electrons. The fourth-order valence-electron chi connectivity index (χ4n) is 1.70. The molecule has 0 saturated heterocycles. The van der Waals surface area contributed by atoms with E-state index in [0.29, 0.717) is 0 Å². The number of hydrogen-bond donors (Lipinski definition) is 2. The first-order valence-electron chi connectivity index (χ1n) is 7.11. The highest BCUT2D eigenvalue weighted by Crippen LogP contribution is 2.20. The second-order valence-electron chi connectivity index (χ2n) is 5.01. The lowest BCUT2D eigenvalue weighted by molar-refractivity contribution is 0.0686. The molecular weight excluding hydrogens is 530 g/mol. The van der Waals surface area contributed by atoms with Crippen LogP contribution in [0.2, 0.25) is 0 Å². The minimum atomic E-state index is -3.95. The molecule has 0 aromatic heterocycles. The van der Waals surface area contributed by atoms with Crippen LogP contribution in [0.4, 0.5) is 0 Å². The first-order valence-corrected chi connectivity index (χ1v) is 11.3. The Morgan fingerprint density at radius 2 is 0.833 bits per heavy atom. The number of rotatable bonds is 6. The van der Waals surface area contributed by atoms with E-state index < -0.39 is 32.0 Å². The number of aromatic carboxylic acids is 2. The predicted octanol–water partition coefficient (Wildman–Crippen LogP) is 3.37. The SMILES string of the molecule is O=C(O)c1ccc(S(=O)(=O)N(Cl)Cl)cc1.O=C(O)c1ccc(S(=O)(=O)N(Cl)Cl)cc1. The van der Waals surface area contributed by atoms with Gasteiger partial charge >= 0.3 is 11.9 Å². The molecule has 10 nitrogen and oxygen atoms in total. The molecule has 0 aliphatic rings. The zero-order chi connectivity index (χ0) is 23.3. The van der Waals surface area contributed by atoms with E-state index in [1.807, 2.05) is 0 Å². The molecule has 0 aliphatic heterocycles. The van der Waals surface area contributed by atoms with Gasteiger partial charge in [-0.3, -0.25) is 0 Å². The maximum atomic E-state index is 11.3. The molecule has 0 fully saturated rings. The minimum Gasteiger partial charge on any atom is -0.478 e. The highest BCUT2D eigenvalue weighted by atomic mass is 35.6. The van der Waals surface area contributed by atoms with Crippen LogP contribution in [0.25, 0.3) is 0 Å². The van der Waals surface area contributed by atoms with Crippen molar-refractivity contribution in [1.82, 2.24) is 6.69 Å². The molecule has 0 bridgehead atoms. The molecule has 0 amide bonds. The monoisotopic (exact) mass is 538 g/mol. The van der Waals surface area contributed by atoms with Gasteiger partial charge in [0, 0.05) is 47.1 Å². The Morgan fingerprint density at radius 1 is 0.600 bits per heavy atom. The Bertz CT molecular complexity index is 1030. The average Bonchev–Trinajstić information content (AvgIpc) is 2.68. The molecule has 2 N–H and O–H groups in total. The first-order chi connectivity index (χ1) is 13.7. The molecule has 0 unspecified atom stereocenters. The largest absolute Gasteiger partial charge is 0.478 e. The van der Waals surface area contributed by atoms with E-state index in [9.17, 15) is 26.4 Å². The standard InChI is InChI=1S/2C7H5Cl2NO4S/c2*8-10(9)15(13,14)6-3-1-5(2-4-6)7(11)12/h2*1-4H,(H,11,12). The lowest BCUT2D eigenvalue weighted by Gasteiger charge is -2.05. The summed E-state index contributed by atoms with van der Waals surface area (Å²) in [6.45, 7) is 0. The van der Waals surface area contributed by atoms with Gasteiger partial charge in [-0.25, -0.2) is 26.4 Å². The van der Waals surface area contributed by atoms with Gasteiger partial charge < -0.3 is 10.2 Å². The molecule has 0 heterocycles. The quantitative estimate of drug-likeness (QED) is 0.530. The Morgan fingerprint density at radius 3 is 1.00 bits per heavy atom. The fraction of sp³-hybridized carbons (Fsp3) is 0. The summed E-state index contributed by atoms with van der Waals surface area (Å²) < 4.78 is 45.3.